The number of nitrogens with zero attached hydrogens (tertiary/aromatic N) is 2. The van der Waals surface area contributed by atoms with E-state index in [0.717, 1.165) is 23.5 Å². The SMILES string of the molecule is Cc1ccc(Cn2cc(NC(=S)Nc3ccc(C)c(Cl)c3)cn2)cc1. The van der Waals surface area contributed by atoms with Crippen LogP contribution in [0, 0.1) is 13.8 Å². The van der Waals surface area contributed by atoms with Crippen LogP contribution < -0.4 is 10.6 Å². The summed E-state index contributed by atoms with van der Waals surface area (Å²) >= 11 is 11.5. The predicted molar refractivity (Wildman–Crippen MR) is 109 cm³/mol. The maximum atomic E-state index is 6.13. The molecule has 0 aliphatic carbocycles. The largest absolute Gasteiger partial charge is 0.332 e. The Bertz CT molecular complexity index is 887. The molecule has 3 aromatic rings. The summed E-state index contributed by atoms with van der Waals surface area (Å²) in [5.74, 6) is 0. The summed E-state index contributed by atoms with van der Waals surface area (Å²) in [5.41, 5.74) is 5.17. The fourth-order valence-corrected chi connectivity index (χ4v) is 2.78. The number of halogens is 1. The Balaban J connectivity index is 1.59. The lowest BCUT2D eigenvalue weighted by molar-refractivity contribution is 0.687. The molecule has 6 heteroatoms. The molecule has 0 unspecified atom stereocenters. The summed E-state index contributed by atoms with van der Waals surface area (Å²) in [4.78, 5) is 0. The lowest BCUT2D eigenvalue weighted by atomic mass is 10.1. The van der Waals surface area contributed by atoms with Crippen molar-refractivity contribution in [1.29, 1.82) is 0 Å². The first kappa shape index (κ1) is 17.5. The van der Waals surface area contributed by atoms with Gasteiger partial charge in [0.05, 0.1) is 18.4 Å². The zero-order valence-electron chi connectivity index (χ0n) is 14.1. The minimum absolute atomic E-state index is 0.495. The van der Waals surface area contributed by atoms with E-state index in [2.05, 4.69) is 46.9 Å². The van der Waals surface area contributed by atoms with Gasteiger partial charge in [0.25, 0.3) is 0 Å². The minimum Gasteiger partial charge on any atom is -0.332 e. The van der Waals surface area contributed by atoms with Gasteiger partial charge in [0.15, 0.2) is 5.11 Å². The summed E-state index contributed by atoms with van der Waals surface area (Å²) in [7, 11) is 0. The van der Waals surface area contributed by atoms with Crippen molar-refractivity contribution >= 4 is 40.3 Å². The maximum absolute atomic E-state index is 6.13. The monoisotopic (exact) mass is 370 g/mol. The van der Waals surface area contributed by atoms with E-state index in [0.29, 0.717) is 10.1 Å². The van der Waals surface area contributed by atoms with Gasteiger partial charge in [-0.25, -0.2) is 0 Å². The maximum Gasteiger partial charge on any atom is 0.175 e. The summed E-state index contributed by atoms with van der Waals surface area (Å²) in [6.45, 7) is 4.76. The van der Waals surface area contributed by atoms with Gasteiger partial charge >= 0.3 is 0 Å². The Morgan fingerprint density at radius 1 is 1.08 bits per heavy atom. The van der Waals surface area contributed by atoms with Gasteiger partial charge in [-0.1, -0.05) is 47.5 Å². The molecule has 0 radical (unpaired) electrons. The van der Waals surface area contributed by atoms with Gasteiger partial charge in [-0.15, -0.1) is 0 Å². The number of rotatable bonds is 4. The van der Waals surface area contributed by atoms with Crippen LogP contribution in [0.1, 0.15) is 16.7 Å². The molecule has 1 aromatic heterocycles. The lowest BCUT2D eigenvalue weighted by Crippen LogP contribution is -2.18. The molecular formula is C19H19ClN4S. The Hall–Kier alpha value is -2.37. The first-order valence-electron chi connectivity index (χ1n) is 7.92. The van der Waals surface area contributed by atoms with Gasteiger partial charge in [-0.3, -0.25) is 4.68 Å². The molecule has 2 N–H and O–H groups in total. The Kier molecular flexibility index (Phi) is 5.36. The van der Waals surface area contributed by atoms with Crippen molar-refractivity contribution in [3.63, 3.8) is 0 Å². The third kappa shape index (κ3) is 4.81. The zero-order valence-corrected chi connectivity index (χ0v) is 15.7. The molecule has 1 heterocycles. The molecule has 128 valence electrons. The topological polar surface area (TPSA) is 41.9 Å². The Morgan fingerprint density at radius 2 is 1.80 bits per heavy atom. The molecule has 0 amide bonds. The number of aromatic nitrogens is 2. The van der Waals surface area contributed by atoms with Crippen LogP contribution in [0.3, 0.4) is 0 Å². The predicted octanol–water partition coefficient (Wildman–Crippen LogP) is 5.01. The fourth-order valence-electron chi connectivity index (χ4n) is 2.36. The number of anilines is 2. The average molecular weight is 371 g/mol. The van der Waals surface area contributed by atoms with Crippen molar-refractivity contribution in [1.82, 2.24) is 9.78 Å². The fraction of sp³-hybridized carbons (Fsp3) is 0.158. The molecular weight excluding hydrogens is 352 g/mol. The van der Waals surface area contributed by atoms with Crippen molar-refractivity contribution in [2.24, 2.45) is 0 Å². The minimum atomic E-state index is 0.495. The molecule has 0 atom stereocenters. The average Bonchev–Trinajstić information content (AvgIpc) is 3.00. The van der Waals surface area contributed by atoms with Crippen LogP contribution in [-0.2, 0) is 6.54 Å². The van der Waals surface area contributed by atoms with Crippen LogP contribution in [0.15, 0.2) is 54.9 Å². The standard InChI is InChI=1S/C19H19ClN4S/c1-13-3-6-15(7-4-13)11-24-12-17(10-21-24)23-19(25)22-16-8-5-14(2)18(20)9-16/h3-10,12H,11H2,1-2H3,(H2,22,23,25). The molecule has 0 aliphatic heterocycles. The van der Waals surface area contributed by atoms with Gasteiger partial charge in [0.1, 0.15) is 0 Å². The third-order valence-electron chi connectivity index (χ3n) is 3.79. The number of hydrogen-bond donors (Lipinski definition) is 2. The van der Waals surface area contributed by atoms with Gasteiger partial charge in [-0.05, 0) is 49.3 Å². The molecule has 0 saturated carbocycles. The highest BCUT2D eigenvalue weighted by Crippen LogP contribution is 2.20. The number of aryl methyl sites for hydroxylation is 2. The summed E-state index contributed by atoms with van der Waals surface area (Å²) < 4.78 is 1.87. The normalized spacial score (nSPS) is 10.5. The third-order valence-corrected chi connectivity index (χ3v) is 4.40. The highest BCUT2D eigenvalue weighted by Gasteiger charge is 2.04. The van der Waals surface area contributed by atoms with E-state index < -0.39 is 0 Å². The van der Waals surface area contributed by atoms with E-state index in [4.69, 9.17) is 23.8 Å². The number of hydrogen-bond acceptors (Lipinski definition) is 2. The van der Waals surface area contributed by atoms with E-state index in [-0.39, 0.29) is 0 Å². The Labute approximate surface area is 157 Å². The van der Waals surface area contributed by atoms with Crippen LogP contribution in [-0.4, -0.2) is 14.9 Å². The van der Waals surface area contributed by atoms with Crippen molar-refractivity contribution in [3.05, 3.63) is 76.6 Å². The van der Waals surface area contributed by atoms with Crippen LogP contribution in [0.2, 0.25) is 5.02 Å². The summed E-state index contributed by atoms with van der Waals surface area (Å²) in [6.07, 6.45) is 3.68. The molecule has 4 nitrogen and oxygen atoms in total. The van der Waals surface area contributed by atoms with Crippen molar-refractivity contribution in [2.75, 3.05) is 10.6 Å². The molecule has 25 heavy (non-hydrogen) atoms. The second-order valence-corrected chi connectivity index (χ2v) is 6.77. The molecule has 0 spiro atoms. The van der Waals surface area contributed by atoms with E-state index >= 15 is 0 Å². The van der Waals surface area contributed by atoms with Gasteiger partial charge in [-0.2, -0.15) is 5.10 Å². The molecule has 0 aliphatic rings. The zero-order chi connectivity index (χ0) is 17.8. The molecule has 0 bridgehead atoms. The molecule has 0 fully saturated rings. The number of thiocarbonyl (C=S) groups is 1. The number of benzene rings is 2. The second kappa shape index (κ2) is 7.68. The van der Waals surface area contributed by atoms with Crippen molar-refractivity contribution in [2.45, 2.75) is 20.4 Å². The van der Waals surface area contributed by atoms with Crippen molar-refractivity contribution in [3.8, 4) is 0 Å². The van der Waals surface area contributed by atoms with Gasteiger partial charge in [0.2, 0.25) is 0 Å². The van der Waals surface area contributed by atoms with Crippen molar-refractivity contribution < 1.29 is 0 Å². The summed E-state index contributed by atoms with van der Waals surface area (Å²) in [5, 5.41) is 11.8. The highest BCUT2D eigenvalue weighted by atomic mass is 35.5. The summed E-state index contributed by atoms with van der Waals surface area (Å²) in [6, 6.07) is 14.2. The van der Waals surface area contributed by atoms with E-state index in [1.807, 2.05) is 36.0 Å². The first-order chi connectivity index (χ1) is 12.0. The van der Waals surface area contributed by atoms with Crippen LogP contribution in [0.4, 0.5) is 11.4 Å². The number of nitrogens with one attached hydrogen (secondary N) is 2. The van der Waals surface area contributed by atoms with E-state index in [1.165, 1.54) is 11.1 Å². The quantitative estimate of drug-likeness (QED) is 0.633. The van der Waals surface area contributed by atoms with Gasteiger partial charge < -0.3 is 10.6 Å². The highest BCUT2D eigenvalue weighted by molar-refractivity contribution is 7.80. The van der Waals surface area contributed by atoms with E-state index in [9.17, 15) is 0 Å². The Morgan fingerprint density at radius 3 is 2.52 bits per heavy atom. The van der Waals surface area contributed by atoms with Crippen LogP contribution in [0.25, 0.3) is 0 Å². The smallest absolute Gasteiger partial charge is 0.175 e. The molecule has 0 saturated heterocycles. The molecule has 3 rings (SSSR count). The van der Waals surface area contributed by atoms with E-state index in [1.54, 1.807) is 6.20 Å². The lowest BCUT2D eigenvalue weighted by Gasteiger charge is -2.10. The molecule has 2 aromatic carbocycles. The second-order valence-electron chi connectivity index (χ2n) is 5.96. The first-order valence-corrected chi connectivity index (χ1v) is 8.70. The van der Waals surface area contributed by atoms with Crippen LogP contribution >= 0.6 is 23.8 Å². The van der Waals surface area contributed by atoms with Gasteiger partial charge in [0, 0.05) is 16.9 Å². The van der Waals surface area contributed by atoms with Crippen LogP contribution in [0.5, 0.6) is 0 Å².